The van der Waals surface area contributed by atoms with Crippen molar-refractivity contribution in [1.82, 2.24) is 9.80 Å². The zero-order valence-corrected chi connectivity index (χ0v) is 37.9. The Hall–Kier alpha value is -2.26. The quantitative estimate of drug-likeness (QED) is 0.201. The highest BCUT2D eigenvalue weighted by atomic mass is 35.5. The first-order valence-corrected chi connectivity index (χ1v) is 22.2. The van der Waals surface area contributed by atoms with E-state index in [1.165, 1.54) is 16.7 Å². The number of aliphatic carboxylic acids is 1. The van der Waals surface area contributed by atoms with Gasteiger partial charge in [-0.25, -0.2) is 0 Å². The SMILES string of the molecule is CC(C)C1=C2[C@H]3CC[C@@H]4[C@@]5(C)CC[C@H](OC(=O)CC(C)(C)C(=O)O)C(C)(C)[C@@H]5CC[C@@]4(C)[C@]3(C)CC[C@@]2([C@H](O)CN(C)Cc2ccc(Cl)cc2CN(C)C)CC1=O. The molecule has 0 bridgehead atoms. The van der Waals surface area contributed by atoms with Crippen LogP contribution in [0.4, 0.5) is 0 Å². The molecule has 4 fully saturated rings. The average molecular weight is 810 g/mol. The molecule has 1 aromatic rings. The number of benzene rings is 1. The number of allylic oxidation sites excluding steroid dienone is 1. The summed E-state index contributed by atoms with van der Waals surface area (Å²) < 4.78 is 6.19. The summed E-state index contributed by atoms with van der Waals surface area (Å²) in [6.45, 7) is 21.7. The van der Waals surface area contributed by atoms with Gasteiger partial charge < -0.3 is 19.8 Å². The molecular formula is C48H73ClN2O6. The van der Waals surface area contributed by atoms with E-state index in [1.54, 1.807) is 13.8 Å². The van der Waals surface area contributed by atoms with E-state index in [0.717, 1.165) is 68.5 Å². The number of ether oxygens (including phenoxy) is 1. The van der Waals surface area contributed by atoms with Crippen molar-refractivity contribution in [3.05, 3.63) is 45.5 Å². The number of carboxylic acids is 1. The van der Waals surface area contributed by atoms with Gasteiger partial charge in [0.05, 0.1) is 17.9 Å². The van der Waals surface area contributed by atoms with Crippen molar-refractivity contribution < 1.29 is 29.3 Å². The van der Waals surface area contributed by atoms with Crippen molar-refractivity contribution in [2.75, 3.05) is 27.7 Å². The van der Waals surface area contributed by atoms with Gasteiger partial charge in [-0.1, -0.05) is 71.7 Å². The second kappa shape index (κ2) is 15.3. The maximum absolute atomic E-state index is 14.3. The first kappa shape index (κ1) is 44.3. The number of fused-ring (bicyclic) bond motifs is 7. The van der Waals surface area contributed by atoms with Crippen LogP contribution in [0, 0.1) is 56.2 Å². The largest absolute Gasteiger partial charge is 0.481 e. The summed E-state index contributed by atoms with van der Waals surface area (Å²) in [5, 5.41) is 22.9. The maximum atomic E-state index is 14.3. The van der Waals surface area contributed by atoms with Crippen molar-refractivity contribution in [2.45, 2.75) is 152 Å². The zero-order chi connectivity index (χ0) is 42.3. The lowest BCUT2D eigenvalue weighted by Crippen LogP contribution is -2.66. The number of halogens is 1. The molecule has 9 heteroatoms. The van der Waals surface area contributed by atoms with Crippen LogP contribution in [0.25, 0.3) is 0 Å². The monoisotopic (exact) mass is 809 g/mol. The number of carboxylic acid groups (broad SMARTS) is 1. The molecule has 0 aliphatic heterocycles. The third-order valence-corrected chi connectivity index (χ3v) is 17.3. The fourth-order valence-electron chi connectivity index (χ4n) is 14.0. The third kappa shape index (κ3) is 7.37. The van der Waals surface area contributed by atoms with E-state index < -0.39 is 28.9 Å². The minimum Gasteiger partial charge on any atom is -0.481 e. The number of aliphatic hydroxyl groups excluding tert-OH is 1. The molecule has 4 saturated carbocycles. The summed E-state index contributed by atoms with van der Waals surface area (Å²) in [4.78, 5) is 43.6. The highest BCUT2D eigenvalue weighted by Gasteiger charge is 2.70. The van der Waals surface area contributed by atoms with Gasteiger partial charge in [-0.2, -0.15) is 0 Å². The topological polar surface area (TPSA) is 107 Å². The van der Waals surface area contributed by atoms with Crippen molar-refractivity contribution >= 4 is 29.3 Å². The maximum Gasteiger partial charge on any atom is 0.309 e. The molecule has 0 heterocycles. The molecule has 0 unspecified atom stereocenters. The van der Waals surface area contributed by atoms with Crippen molar-refractivity contribution in [3.8, 4) is 0 Å². The molecule has 0 amide bonds. The highest BCUT2D eigenvalue weighted by Crippen LogP contribution is 2.77. The molecular weight excluding hydrogens is 736 g/mol. The smallest absolute Gasteiger partial charge is 0.309 e. The first-order valence-electron chi connectivity index (χ1n) is 21.8. The summed E-state index contributed by atoms with van der Waals surface area (Å²) in [5.41, 5.74) is 2.77. The van der Waals surface area contributed by atoms with E-state index in [1.807, 2.05) is 12.1 Å². The molecule has 318 valence electrons. The summed E-state index contributed by atoms with van der Waals surface area (Å²) in [6.07, 6.45) is 7.13. The molecule has 57 heavy (non-hydrogen) atoms. The van der Waals surface area contributed by atoms with E-state index in [9.17, 15) is 24.6 Å². The Morgan fingerprint density at radius 3 is 2.23 bits per heavy atom. The number of Topliss-reactive ketones (excluding diaryl/α,β-unsaturated/α-hetero) is 1. The lowest BCUT2D eigenvalue weighted by atomic mass is 9.33. The second-order valence-corrected chi connectivity index (χ2v) is 22.4. The van der Waals surface area contributed by atoms with Gasteiger partial charge in [-0.15, -0.1) is 0 Å². The molecule has 0 radical (unpaired) electrons. The Kier molecular flexibility index (Phi) is 11.9. The fourth-order valence-corrected chi connectivity index (χ4v) is 14.2. The van der Waals surface area contributed by atoms with Gasteiger partial charge in [-0.05, 0) is 155 Å². The summed E-state index contributed by atoms with van der Waals surface area (Å²) in [6, 6.07) is 6.10. The number of rotatable bonds is 12. The number of aliphatic hydroxyl groups is 1. The minimum absolute atomic E-state index is 0.0284. The standard InChI is InChI=1S/C48H73ClN2O6/c1-29(2)40-34(52)24-48(37(53)28-51(12)27-30-13-14-32(49)23-31(30)26-50(10)11)22-21-46(8)33(41(40)48)15-16-36-45(7)19-18-38(57-39(54)25-43(3,4)42(55)56)44(5,6)35(45)17-20-47(36,46)9/h13-14,23,29,33,35-38,53H,15-22,24-28H2,1-12H3,(H,55,56)/t33-,35+,36-,37-,38+,45+,46-,47-,48+/m1/s1. The van der Waals surface area contributed by atoms with Crippen LogP contribution in [-0.4, -0.2) is 77.6 Å². The van der Waals surface area contributed by atoms with E-state index >= 15 is 0 Å². The fraction of sp³-hybridized carbons (Fsp3) is 0.771. The van der Waals surface area contributed by atoms with E-state index in [0.29, 0.717) is 31.3 Å². The number of ketones is 1. The van der Waals surface area contributed by atoms with Crippen LogP contribution < -0.4 is 0 Å². The van der Waals surface area contributed by atoms with E-state index in [-0.39, 0.29) is 51.8 Å². The van der Waals surface area contributed by atoms with Crippen LogP contribution >= 0.6 is 11.6 Å². The second-order valence-electron chi connectivity index (χ2n) is 21.9. The number of hydrogen-bond donors (Lipinski definition) is 2. The van der Waals surface area contributed by atoms with Gasteiger partial charge in [0, 0.05) is 41.9 Å². The third-order valence-electron chi connectivity index (χ3n) is 17.1. The van der Waals surface area contributed by atoms with Crippen molar-refractivity contribution in [1.29, 1.82) is 0 Å². The van der Waals surface area contributed by atoms with Gasteiger partial charge >= 0.3 is 11.9 Å². The van der Waals surface area contributed by atoms with Crippen LogP contribution in [-0.2, 0) is 32.2 Å². The van der Waals surface area contributed by atoms with Crippen LogP contribution in [0.15, 0.2) is 29.3 Å². The molecule has 2 N–H and O–H groups in total. The van der Waals surface area contributed by atoms with E-state index in [2.05, 4.69) is 85.5 Å². The van der Waals surface area contributed by atoms with Gasteiger partial charge in [0.1, 0.15) is 6.10 Å². The lowest BCUT2D eigenvalue weighted by molar-refractivity contribution is -0.235. The number of carbonyl (C=O) groups is 3. The van der Waals surface area contributed by atoms with Gasteiger partial charge in [0.15, 0.2) is 5.78 Å². The summed E-state index contributed by atoms with van der Waals surface area (Å²) in [7, 11) is 6.21. The van der Waals surface area contributed by atoms with Crippen molar-refractivity contribution in [3.63, 3.8) is 0 Å². The average Bonchev–Trinajstić information content (AvgIpc) is 3.40. The molecule has 0 aromatic heterocycles. The number of likely N-dealkylation sites (N-methyl/N-ethyl adjacent to an activating group) is 1. The summed E-state index contributed by atoms with van der Waals surface area (Å²) >= 11 is 6.42. The van der Waals surface area contributed by atoms with Gasteiger partial charge in [0.2, 0.25) is 0 Å². The van der Waals surface area contributed by atoms with E-state index in [4.69, 9.17) is 16.3 Å². The molecule has 9 atom stereocenters. The molecule has 8 nitrogen and oxygen atoms in total. The minimum atomic E-state index is -1.17. The molecule has 5 aliphatic carbocycles. The number of nitrogens with zero attached hydrogens (tertiary/aromatic N) is 2. The Morgan fingerprint density at radius 1 is 0.912 bits per heavy atom. The Morgan fingerprint density at radius 2 is 1.60 bits per heavy atom. The Labute approximate surface area is 348 Å². The van der Waals surface area contributed by atoms with Crippen LogP contribution in [0.2, 0.25) is 5.02 Å². The summed E-state index contributed by atoms with van der Waals surface area (Å²) in [5.74, 6) is 0.00261. The molecule has 1 aromatic carbocycles. The number of esters is 1. The number of hydrogen-bond acceptors (Lipinski definition) is 7. The van der Waals surface area contributed by atoms with Crippen LogP contribution in [0.5, 0.6) is 0 Å². The lowest BCUT2D eigenvalue weighted by Gasteiger charge is -2.72. The normalized spacial score (nSPS) is 35.5. The van der Waals surface area contributed by atoms with Crippen LogP contribution in [0.3, 0.4) is 0 Å². The molecule has 6 rings (SSSR count). The van der Waals surface area contributed by atoms with Crippen LogP contribution in [0.1, 0.15) is 138 Å². The molecule has 0 saturated heterocycles. The Balaban J connectivity index is 1.26. The molecule has 5 aliphatic rings. The highest BCUT2D eigenvalue weighted by molar-refractivity contribution is 6.30. The van der Waals surface area contributed by atoms with Crippen molar-refractivity contribution in [2.24, 2.45) is 56.2 Å². The molecule has 0 spiro atoms. The first-order chi connectivity index (χ1) is 26.3. The predicted octanol–water partition coefficient (Wildman–Crippen LogP) is 9.59. The zero-order valence-electron chi connectivity index (χ0n) is 37.2. The predicted molar refractivity (Wildman–Crippen MR) is 227 cm³/mol. The van der Waals surface area contributed by atoms with Gasteiger partial charge in [0.25, 0.3) is 0 Å². The van der Waals surface area contributed by atoms with Gasteiger partial charge in [-0.3, -0.25) is 19.3 Å². The number of carbonyl (C=O) groups excluding carboxylic acids is 2. The Bertz CT molecular complexity index is 1780.